The van der Waals surface area contributed by atoms with E-state index in [4.69, 9.17) is 0 Å². The third-order valence-electron chi connectivity index (χ3n) is 3.68. The highest BCUT2D eigenvalue weighted by atomic mass is 15.2. The van der Waals surface area contributed by atoms with Gasteiger partial charge in [-0.15, -0.1) is 0 Å². The Balaban J connectivity index is 1.70. The first-order valence-corrected chi connectivity index (χ1v) is 6.60. The van der Waals surface area contributed by atoms with Gasteiger partial charge in [0.2, 0.25) is 0 Å². The van der Waals surface area contributed by atoms with Gasteiger partial charge in [-0.3, -0.25) is 0 Å². The summed E-state index contributed by atoms with van der Waals surface area (Å²) >= 11 is 0. The molecule has 0 bridgehead atoms. The van der Waals surface area contributed by atoms with Crippen LogP contribution in [-0.2, 0) is 0 Å². The monoisotopic (exact) mass is 245 g/mol. The Morgan fingerprint density at radius 1 is 1.50 bits per heavy atom. The molecular formula is C13H19N5. The summed E-state index contributed by atoms with van der Waals surface area (Å²) in [6.07, 6.45) is 6.26. The fourth-order valence-electron chi connectivity index (χ4n) is 2.55. The van der Waals surface area contributed by atoms with Gasteiger partial charge in [0.25, 0.3) is 0 Å². The van der Waals surface area contributed by atoms with Crippen molar-refractivity contribution in [3.05, 3.63) is 24.5 Å². The van der Waals surface area contributed by atoms with Gasteiger partial charge in [-0.05, 0) is 44.8 Å². The summed E-state index contributed by atoms with van der Waals surface area (Å²) in [4.78, 5) is 4.54. The molecule has 0 aliphatic carbocycles. The minimum absolute atomic E-state index is 0.440. The second kappa shape index (κ2) is 4.94. The second-order valence-electron chi connectivity index (χ2n) is 4.99. The zero-order valence-corrected chi connectivity index (χ0v) is 10.6. The quantitative estimate of drug-likeness (QED) is 0.861. The average Bonchev–Trinajstić information content (AvgIpc) is 2.87. The summed E-state index contributed by atoms with van der Waals surface area (Å²) in [5, 5.41) is 11.1. The Labute approximate surface area is 107 Å². The van der Waals surface area contributed by atoms with E-state index < -0.39 is 0 Å². The van der Waals surface area contributed by atoms with E-state index in [1.54, 1.807) is 10.7 Å². The largest absolute Gasteiger partial charge is 0.367 e. The minimum atomic E-state index is 0.440. The number of aromatic nitrogens is 3. The maximum Gasteiger partial charge on any atom is 0.157 e. The van der Waals surface area contributed by atoms with Crippen molar-refractivity contribution in [3.8, 4) is 0 Å². The fourth-order valence-corrected chi connectivity index (χ4v) is 2.55. The zero-order valence-electron chi connectivity index (χ0n) is 10.6. The molecule has 3 heterocycles. The average molecular weight is 245 g/mol. The van der Waals surface area contributed by atoms with Crippen LogP contribution >= 0.6 is 0 Å². The molecule has 2 atom stereocenters. The minimum Gasteiger partial charge on any atom is -0.367 e. The van der Waals surface area contributed by atoms with E-state index >= 15 is 0 Å². The first-order valence-electron chi connectivity index (χ1n) is 6.60. The van der Waals surface area contributed by atoms with Crippen molar-refractivity contribution >= 4 is 11.5 Å². The normalized spacial score (nSPS) is 21.9. The van der Waals surface area contributed by atoms with Crippen LogP contribution in [0.1, 0.15) is 19.8 Å². The standard InChI is InChI=1S/C13H19N5/c1-10(11-3-2-6-14-9-11)16-12-5-8-18-13(17-12)4-7-15-18/h4-5,7-8,10-11,14H,2-3,6,9H2,1H3,(H,16,17). The lowest BCUT2D eigenvalue weighted by Gasteiger charge is -2.29. The maximum absolute atomic E-state index is 4.54. The SMILES string of the molecule is CC(Nc1ccn2nccc2n1)C1CCCNC1. The van der Waals surface area contributed by atoms with E-state index in [1.807, 2.05) is 18.3 Å². The highest BCUT2D eigenvalue weighted by molar-refractivity contribution is 5.45. The van der Waals surface area contributed by atoms with Crippen LogP contribution in [0.5, 0.6) is 0 Å². The molecule has 1 saturated heterocycles. The second-order valence-corrected chi connectivity index (χ2v) is 4.99. The van der Waals surface area contributed by atoms with Gasteiger partial charge >= 0.3 is 0 Å². The molecule has 96 valence electrons. The first kappa shape index (κ1) is 11.5. The van der Waals surface area contributed by atoms with Gasteiger partial charge in [-0.25, -0.2) is 9.50 Å². The third kappa shape index (κ3) is 2.31. The molecule has 0 spiro atoms. The summed E-state index contributed by atoms with van der Waals surface area (Å²) in [5.41, 5.74) is 0.883. The molecule has 2 unspecified atom stereocenters. The molecule has 0 radical (unpaired) electrons. The predicted octanol–water partition coefficient (Wildman–Crippen LogP) is 1.53. The van der Waals surface area contributed by atoms with E-state index in [1.165, 1.54) is 12.8 Å². The molecule has 1 aliphatic rings. The van der Waals surface area contributed by atoms with Gasteiger partial charge < -0.3 is 10.6 Å². The molecule has 1 aliphatic heterocycles. The Morgan fingerprint density at radius 3 is 3.28 bits per heavy atom. The zero-order chi connectivity index (χ0) is 12.4. The highest BCUT2D eigenvalue weighted by Gasteiger charge is 2.19. The van der Waals surface area contributed by atoms with E-state index in [2.05, 4.69) is 27.6 Å². The Hall–Kier alpha value is -1.62. The molecule has 2 aromatic rings. The number of fused-ring (bicyclic) bond motifs is 1. The predicted molar refractivity (Wildman–Crippen MR) is 71.7 cm³/mol. The summed E-state index contributed by atoms with van der Waals surface area (Å²) in [6.45, 7) is 4.49. The number of hydrogen-bond acceptors (Lipinski definition) is 4. The summed E-state index contributed by atoms with van der Waals surface area (Å²) in [6, 6.07) is 4.33. The lowest BCUT2D eigenvalue weighted by Crippen LogP contribution is -2.38. The van der Waals surface area contributed by atoms with Crippen LogP contribution in [0.3, 0.4) is 0 Å². The summed E-state index contributed by atoms with van der Waals surface area (Å²) in [5.74, 6) is 1.61. The van der Waals surface area contributed by atoms with Crippen LogP contribution in [0.15, 0.2) is 24.5 Å². The van der Waals surface area contributed by atoms with Crippen molar-refractivity contribution in [2.24, 2.45) is 5.92 Å². The maximum atomic E-state index is 4.54. The van der Waals surface area contributed by atoms with Gasteiger partial charge in [-0.1, -0.05) is 0 Å². The van der Waals surface area contributed by atoms with E-state index in [0.29, 0.717) is 12.0 Å². The molecule has 18 heavy (non-hydrogen) atoms. The van der Waals surface area contributed by atoms with Crippen molar-refractivity contribution < 1.29 is 0 Å². The van der Waals surface area contributed by atoms with E-state index in [9.17, 15) is 0 Å². The van der Waals surface area contributed by atoms with Crippen molar-refractivity contribution in [2.45, 2.75) is 25.8 Å². The van der Waals surface area contributed by atoms with Crippen LogP contribution in [0.4, 0.5) is 5.82 Å². The molecule has 0 amide bonds. The number of hydrogen-bond donors (Lipinski definition) is 2. The van der Waals surface area contributed by atoms with Crippen molar-refractivity contribution in [1.29, 1.82) is 0 Å². The van der Waals surface area contributed by atoms with Crippen molar-refractivity contribution in [1.82, 2.24) is 19.9 Å². The van der Waals surface area contributed by atoms with Gasteiger partial charge in [0.05, 0.1) is 6.20 Å². The topological polar surface area (TPSA) is 54.2 Å². The Bertz CT molecular complexity index is 515. The molecular weight excluding hydrogens is 226 g/mol. The van der Waals surface area contributed by atoms with Crippen LogP contribution in [0.2, 0.25) is 0 Å². The molecule has 2 N–H and O–H groups in total. The molecule has 0 aromatic carbocycles. The molecule has 5 heteroatoms. The first-order chi connectivity index (χ1) is 8.83. The van der Waals surface area contributed by atoms with Crippen LogP contribution < -0.4 is 10.6 Å². The molecule has 3 rings (SSSR count). The number of rotatable bonds is 3. The third-order valence-corrected chi connectivity index (χ3v) is 3.68. The van der Waals surface area contributed by atoms with Gasteiger partial charge in [0.1, 0.15) is 5.82 Å². The van der Waals surface area contributed by atoms with E-state index in [0.717, 1.165) is 24.6 Å². The summed E-state index contributed by atoms with van der Waals surface area (Å²) in [7, 11) is 0. The highest BCUT2D eigenvalue weighted by Crippen LogP contribution is 2.17. The van der Waals surface area contributed by atoms with Gasteiger partial charge in [0.15, 0.2) is 5.65 Å². The van der Waals surface area contributed by atoms with Gasteiger partial charge in [0, 0.05) is 18.3 Å². The molecule has 2 aromatic heterocycles. The number of anilines is 1. The summed E-state index contributed by atoms with van der Waals surface area (Å²) < 4.78 is 1.78. The lowest BCUT2D eigenvalue weighted by atomic mass is 9.93. The van der Waals surface area contributed by atoms with Gasteiger partial charge in [-0.2, -0.15) is 5.10 Å². The van der Waals surface area contributed by atoms with Crippen LogP contribution in [0.25, 0.3) is 5.65 Å². The number of nitrogens with zero attached hydrogens (tertiary/aromatic N) is 3. The Morgan fingerprint density at radius 2 is 2.44 bits per heavy atom. The number of piperidine rings is 1. The van der Waals surface area contributed by atoms with Crippen molar-refractivity contribution in [2.75, 3.05) is 18.4 Å². The lowest BCUT2D eigenvalue weighted by molar-refractivity contribution is 0.346. The van der Waals surface area contributed by atoms with Crippen LogP contribution in [0, 0.1) is 5.92 Å². The number of nitrogens with one attached hydrogen (secondary N) is 2. The molecule has 1 fully saturated rings. The van der Waals surface area contributed by atoms with E-state index in [-0.39, 0.29) is 0 Å². The smallest absolute Gasteiger partial charge is 0.157 e. The Kier molecular flexibility index (Phi) is 3.15. The molecule has 0 saturated carbocycles. The molecule has 5 nitrogen and oxygen atoms in total. The van der Waals surface area contributed by atoms with Crippen molar-refractivity contribution in [3.63, 3.8) is 0 Å². The van der Waals surface area contributed by atoms with Crippen LogP contribution in [-0.4, -0.2) is 33.7 Å². The fraction of sp³-hybridized carbons (Fsp3) is 0.538.